The van der Waals surface area contributed by atoms with Crippen molar-refractivity contribution in [2.24, 2.45) is 11.1 Å². The summed E-state index contributed by atoms with van der Waals surface area (Å²) in [5, 5.41) is 2.88. The Morgan fingerprint density at radius 2 is 2.06 bits per heavy atom. The van der Waals surface area contributed by atoms with Crippen molar-refractivity contribution in [1.82, 2.24) is 10.3 Å². The van der Waals surface area contributed by atoms with Crippen LogP contribution in [0.4, 0.5) is 0 Å². The zero-order chi connectivity index (χ0) is 13.1. The van der Waals surface area contributed by atoms with Gasteiger partial charge < -0.3 is 11.1 Å². The van der Waals surface area contributed by atoms with Gasteiger partial charge in [-0.2, -0.15) is 0 Å². The Morgan fingerprint density at radius 1 is 1.41 bits per heavy atom. The molecule has 2 atom stereocenters. The minimum absolute atomic E-state index is 0.128. The second-order valence-corrected chi connectivity index (χ2v) is 5.33. The van der Waals surface area contributed by atoms with Crippen molar-refractivity contribution >= 4 is 5.91 Å². The predicted molar refractivity (Wildman–Crippen MR) is 68.2 cm³/mol. The van der Waals surface area contributed by atoms with E-state index in [9.17, 15) is 4.79 Å². The maximum atomic E-state index is 11.9. The van der Waals surface area contributed by atoms with Gasteiger partial charge in [-0.05, 0) is 24.5 Å². The fourth-order valence-corrected chi connectivity index (χ4v) is 1.40. The summed E-state index contributed by atoms with van der Waals surface area (Å²) in [4.78, 5) is 16.1. The summed E-state index contributed by atoms with van der Waals surface area (Å²) in [7, 11) is 0. The molecular formula is C13H21N3O. The maximum absolute atomic E-state index is 11.9. The van der Waals surface area contributed by atoms with E-state index in [1.807, 2.05) is 45.9 Å². The van der Waals surface area contributed by atoms with Gasteiger partial charge in [0.25, 0.3) is 0 Å². The highest BCUT2D eigenvalue weighted by Crippen LogP contribution is 2.18. The second kappa shape index (κ2) is 5.27. The van der Waals surface area contributed by atoms with Gasteiger partial charge in [-0.15, -0.1) is 0 Å². The first-order chi connectivity index (χ1) is 7.82. The van der Waals surface area contributed by atoms with Crippen LogP contribution in [0.25, 0.3) is 0 Å². The molecule has 17 heavy (non-hydrogen) atoms. The summed E-state index contributed by atoms with van der Waals surface area (Å²) in [6.07, 6.45) is 1.71. The van der Waals surface area contributed by atoms with Crippen LogP contribution in [0.2, 0.25) is 0 Å². The number of hydrogen-bond acceptors (Lipinski definition) is 3. The number of nitrogens with zero attached hydrogens (tertiary/aromatic N) is 1. The molecule has 1 aromatic rings. The highest BCUT2D eigenvalue weighted by molar-refractivity contribution is 5.82. The zero-order valence-corrected chi connectivity index (χ0v) is 10.9. The van der Waals surface area contributed by atoms with E-state index in [0.29, 0.717) is 0 Å². The van der Waals surface area contributed by atoms with E-state index < -0.39 is 6.04 Å². The van der Waals surface area contributed by atoms with Crippen LogP contribution in [0, 0.1) is 5.41 Å². The van der Waals surface area contributed by atoms with Crippen molar-refractivity contribution in [1.29, 1.82) is 0 Å². The van der Waals surface area contributed by atoms with Crippen LogP contribution in [0.5, 0.6) is 0 Å². The number of hydrogen-bond donors (Lipinski definition) is 2. The van der Waals surface area contributed by atoms with Gasteiger partial charge in [-0.3, -0.25) is 9.78 Å². The summed E-state index contributed by atoms with van der Waals surface area (Å²) in [6, 6.07) is 4.98. The van der Waals surface area contributed by atoms with Crippen molar-refractivity contribution < 1.29 is 4.79 Å². The molecule has 0 saturated heterocycles. The molecule has 4 heteroatoms. The van der Waals surface area contributed by atoms with Crippen LogP contribution in [-0.4, -0.2) is 16.9 Å². The highest BCUT2D eigenvalue weighted by atomic mass is 16.2. The number of carbonyl (C=O) groups excluding carboxylic acids is 1. The van der Waals surface area contributed by atoms with Crippen molar-refractivity contribution in [3.63, 3.8) is 0 Å². The molecule has 0 fully saturated rings. The van der Waals surface area contributed by atoms with Crippen LogP contribution in [0.1, 0.15) is 39.4 Å². The molecule has 0 spiro atoms. The number of nitrogens with one attached hydrogen (secondary N) is 1. The third-order valence-electron chi connectivity index (χ3n) is 2.71. The average molecular weight is 235 g/mol. The average Bonchev–Trinajstić information content (AvgIpc) is 2.27. The molecule has 0 aliphatic carbocycles. The Labute approximate surface area is 103 Å². The summed E-state index contributed by atoms with van der Waals surface area (Å²) in [6.45, 7) is 7.74. The highest BCUT2D eigenvalue weighted by Gasteiger charge is 2.28. The molecule has 1 rings (SSSR count). The van der Waals surface area contributed by atoms with Crippen molar-refractivity contribution in [2.45, 2.75) is 39.8 Å². The van der Waals surface area contributed by atoms with Gasteiger partial charge in [-0.25, -0.2) is 0 Å². The summed E-state index contributed by atoms with van der Waals surface area (Å²) < 4.78 is 0. The Bertz CT molecular complexity index is 370. The molecule has 0 aliphatic heterocycles. The monoisotopic (exact) mass is 235 g/mol. The van der Waals surface area contributed by atoms with Crippen LogP contribution < -0.4 is 11.1 Å². The topological polar surface area (TPSA) is 68.0 Å². The van der Waals surface area contributed by atoms with Crippen LogP contribution in [-0.2, 0) is 4.79 Å². The van der Waals surface area contributed by atoms with Gasteiger partial charge in [-0.1, -0.05) is 26.8 Å². The van der Waals surface area contributed by atoms with Gasteiger partial charge in [0, 0.05) is 6.20 Å². The lowest BCUT2D eigenvalue weighted by Gasteiger charge is -2.27. The van der Waals surface area contributed by atoms with Crippen LogP contribution in [0.15, 0.2) is 24.4 Å². The summed E-state index contributed by atoms with van der Waals surface area (Å²) in [5.74, 6) is -0.143. The molecule has 1 aromatic heterocycles. The van der Waals surface area contributed by atoms with E-state index in [0.717, 1.165) is 5.69 Å². The first kappa shape index (κ1) is 13.6. The van der Waals surface area contributed by atoms with Crippen molar-refractivity contribution in [3.05, 3.63) is 30.1 Å². The molecule has 94 valence electrons. The molecular weight excluding hydrogens is 214 g/mol. The number of carbonyl (C=O) groups is 1. The molecule has 3 N–H and O–H groups in total. The van der Waals surface area contributed by atoms with Gasteiger partial charge >= 0.3 is 0 Å². The molecule has 0 aromatic carbocycles. The first-order valence-electron chi connectivity index (χ1n) is 5.79. The van der Waals surface area contributed by atoms with E-state index in [4.69, 9.17) is 5.73 Å². The van der Waals surface area contributed by atoms with Gasteiger partial charge in [0.05, 0.1) is 17.8 Å². The van der Waals surface area contributed by atoms with Crippen molar-refractivity contribution in [3.8, 4) is 0 Å². The first-order valence-corrected chi connectivity index (χ1v) is 5.79. The standard InChI is InChI=1S/C13H21N3O/c1-9(10-7-5-6-8-15-10)16-12(17)11(14)13(2,3)4/h5-9,11H,14H2,1-4H3,(H,16,17)/t9?,11-/m0/s1. The Kier molecular flexibility index (Phi) is 4.23. The molecule has 1 heterocycles. The van der Waals surface area contributed by atoms with E-state index in [1.165, 1.54) is 0 Å². The molecule has 0 bridgehead atoms. The smallest absolute Gasteiger partial charge is 0.237 e. The maximum Gasteiger partial charge on any atom is 0.237 e. The lowest BCUT2D eigenvalue weighted by atomic mass is 9.87. The zero-order valence-electron chi connectivity index (χ0n) is 10.9. The predicted octanol–water partition coefficient (Wildman–Crippen LogP) is 1.63. The Balaban J connectivity index is 2.64. The fourth-order valence-electron chi connectivity index (χ4n) is 1.40. The largest absolute Gasteiger partial charge is 0.347 e. The number of aromatic nitrogens is 1. The minimum atomic E-state index is -0.520. The molecule has 0 radical (unpaired) electrons. The molecule has 4 nitrogen and oxygen atoms in total. The van der Waals surface area contributed by atoms with Crippen LogP contribution >= 0.6 is 0 Å². The summed E-state index contributed by atoms with van der Waals surface area (Å²) >= 11 is 0. The molecule has 1 amide bonds. The molecule has 0 saturated carbocycles. The molecule has 1 unspecified atom stereocenters. The van der Waals surface area contributed by atoms with Crippen molar-refractivity contribution in [2.75, 3.05) is 0 Å². The van der Waals surface area contributed by atoms with Gasteiger partial charge in [0.1, 0.15) is 0 Å². The normalized spacial score (nSPS) is 15.1. The van der Waals surface area contributed by atoms with E-state index in [2.05, 4.69) is 10.3 Å². The lowest BCUT2D eigenvalue weighted by molar-refractivity contribution is -0.125. The quantitative estimate of drug-likeness (QED) is 0.836. The van der Waals surface area contributed by atoms with E-state index >= 15 is 0 Å². The van der Waals surface area contributed by atoms with Gasteiger partial charge in [0.15, 0.2) is 0 Å². The fraction of sp³-hybridized carbons (Fsp3) is 0.538. The summed E-state index contributed by atoms with van der Waals surface area (Å²) in [5.41, 5.74) is 6.48. The Hall–Kier alpha value is -1.42. The van der Waals surface area contributed by atoms with Gasteiger partial charge in [0.2, 0.25) is 5.91 Å². The SMILES string of the molecule is CC(NC(=O)[C@H](N)C(C)(C)C)c1ccccn1. The number of amides is 1. The minimum Gasteiger partial charge on any atom is -0.347 e. The number of pyridine rings is 1. The third kappa shape index (κ3) is 3.82. The second-order valence-electron chi connectivity index (χ2n) is 5.33. The van der Waals surface area contributed by atoms with Crippen LogP contribution in [0.3, 0.4) is 0 Å². The number of rotatable bonds is 3. The number of nitrogens with two attached hydrogens (primary N) is 1. The third-order valence-corrected chi connectivity index (χ3v) is 2.71. The lowest BCUT2D eigenvalue weighted by Crippen LogP contribution is -2.49. The van der Waals surface area contributed by atoms with E-state index in [-0.39, 0.29) is 17.4 Å². The Morgan fingerprint density at radius 3 is 2.53 bits per heavy atom. The van der Waals surface area contributed by atoms with E-state index in [1.54, 1.807) is 6.20 Å². The molecule has 0 aliphatic rings.